The van der Waals surface area contributed by atoms with Gasteiger partial charge in [0, 0.05) is 29.0 Å². The minimum atomic E-state index is -0.295. The van der Waals surface area contributed by atoms with E-state index < -0.39 is 0 Å². The first kappa shape index (κ1) is 22.7. The Morgan fingerprint density at radius 3 is 2.46 bits per heavy atom. The molecule has 0 bridgehead atoms. The molecule has 2 aromatic carbocycles. The van der Waals surface area contributed by atoms with Gasteiger partial charge in [0.1, 0.15) is 0 Å². The number of H-pyrrole nitrogens is 1. The molecular formula is C30H26N6O. The number of rotatable bonds is 8. The van der Waals surface area contributed by atoms with E-state index in [9.17, 15) is 4.79 Å². The van der Waals surface area contributed by atoms with Crippen molar-refractivity contribution in [3.63, 3.8) is 0 Å². The van der Waals surface area contributed by atoms with E-state index in [0.29, 0.717) is 17.3 Å². The molecule has 1 saturated carbocycles. The van der Waals surface area contributed by atoms with Crippen LogP contribution in [0.3, 0.4) is 0 Å². The van der Waals surface area contributed by atoms with Gasteiger partial charge < -0.3 is 10.6 Å². The van der Waals surface area contributed by atoms with E-state index >= 15 is 0 Å². The molecule has 0 radical (unpaired) electrons. The van der Waals surface area contributed by atoms with Crippen molar-refractivity contribution in [1.29, 1.82) is 0 Å². The van der Waals surface area contributed by atoms with Gasteiger partial charge in [-0.3, -0.25) is 19.9 Å². The van der Waals surface area contributed by atoms with Gasteiger partial charge >= 0.3 is 0 Å². The highest BCUT2D eigenvalue weighted by Crippen LogP contribution is 2.36. The number of aromatic nitrogens is 4. The molecule has 0 unspecified atom stereocenters. The standard InChI is InChI=1S/C30H26N6O/c1-19(22-7-8-22)33-26-13-24(16-32-18-26)23-9-10-28-27(14-23)29(36-35-28)30(37)34-25-12-21(15-31-17-25)11-20-5-3-2-4-6-20/h2-6,9-10,12-18,22,33H,1,7-8,11H2,(H,34,37)(H,35,36). The average Bonchev–Trinajstić information content (AvgIpc) is 3.69. The number of carbonyl (C=O) groups is 1. The molecule has 0 atom stereocenters. The summed E-state index contributed by atoms with van der Waals surface area (Å²) in [6.45, 7) is 4.14. The van der Waals surface area contributed by atoms with E-state index in [0.717, 1.165) is 45.4 Å². The summed E-state index contributed by atoms with van der Waals surface area (Å²) in [4.78, 5) is 21.9. The number of hydrogen-bond donors (Lipinski definition) is 3. The minimum Gasteiger partial charge on any atom is -0.358 e. The number of hydrogen-bond acceptors (Lipinski definition) is 5. The quantitative estimate of drug-likeness (QED) is 0.243. The fraction of sp³-hybridized carbons (Fsp3) is 0.133. The van der Waals surface area contributed by atoms with Crippen molar-refractivity contribution in [3.8, 4) is 11.1 Å². The smallest absolute Gasteiger partial charge is 0.276 e. The third kappa shape index (κ3) is 5.11. The number of amides is 1. The number of pyridine rings is 2. The zero-order valence-corrected chi connectivity index (χ0v) is 20.2. The van der Waals surface area contributed by atoms with Gasteiger partial charge in [0.05, 0.1) is 29.3 Å². The lowest BCUT2D eigenvalue weighted by atomic mass is 10.0. The predicted octanol–water partition coefficient (Wildman–Crippen LogP) is 6.20. The molecule has 3 aromatic heterocycles. The van der Waals surface area contributed by atoms with Crippen molar-refractivity contribution in [2.45, 2.75) is 19.3 Å². The molecule has 182 valence electrons. The Morgan fingerprint density at radius 2 is 1.65 bits per heavy atom. The third-order valence-electron chi connectivity index (χ3n) is 6.53. The maximum Gasteiger partial charge on any atom is 0.276 e. The summed E-state index contributed by atoms with van der Waals surface area (Å²) < 4.78 is 0. The van der Waals surface area contributed by atoms with E-state index in [2.05, 4.69) is 49.5 Å². The molecule has 1 fully saturated rings. The summed E-state index contributed by atoms with van der Waals surface area (Å²) in [5, 5.41) is 14.3. The third-order valence-corrected chi connectivity index (χ3v) is 6.53. The lowest BCUT2D eigenvalue weighted by Crippen LogP contribution is -2.13. The average molecular weight is 487 g/mol. The number of nitrogens with one attached hydrogen (secondary N) is 3. The first-order valence-electron chi connectivity index (χ1n) is 12.3. The van der Waals surface area contributed by atoms with Gasteiger partial charge in [-0.05, 0) is 66.1 Å². The number of anilines is 2. The van der Waals surface area contributed by atoms with Gasteiger partial charge in [0.2, 0.25) is 0 Å². The second kappa shape index (κ2) is 9.70. The topological polar surface area (TPSA) is 95.6 Å². The van der Waals surface area contributed by atoms with Crippen LogP contribution >= 0.6 is 0 Å². The van der Waals surface area contributed by atoms with Crippen molar-refractivity contribution >= 4 is 28.2 Å². The van der Waals surface area contributed by atoms with Gasteiger partial charge in [0.25, 0.3) is 5.91 Å². The molecule has 3 heterocycles. The fourth-order valence-electron chi connectivity index (χ4n) is 4.43. The monoisotopic (exact) mass is 486 g/mol. The van der Waals surface area contributed by atoms with Crippen LogP contribution in [0.15, 0.2) is 97.7 Å². The van der Waals surface area contributed by atoms with Crippen LogP contribution in [0.1, 0.15) is 34.5 Å². The Kier molecular flexibility index (Phi) is 5.94. The van der Waals surface area contributed by atoms with Crippen LogP contribution in [0.5, 0.6) is 0 Å². The second-order valence-electron chi connectivity index (χ2n) is 9.42. The van der Waals surface area contributed by atoms with Crippen molar-refractivity contribution in [2.75, 3.05) is 10.6 Å². The summed E-state index contributed by atoms with van der Waals surface area (Å²) in [6, 6.07) is 20.0. The van der Waals surface area contributed by atoms with E-state index in [1.807, 2.05) is 60.9 Å². The normalized spacial score (nSPS) is 12.9. The molecule has 1 aliphatic rings. The van der Waals surface area contributed by atoms with Crippen molar-refractivity contribution in [3.05, 3.63) is 115 Å². The van der Waals surface area contributed by atoms with E-state index in [4.69, 9.17) is 0 Å². The summed E-state index contributed by atoms with van der Waals surface area (Å²) >= 11 is 0. The first-order valence-corrected chi connectivity index (χ1v) is 12.3. The van der Waals surface area contributed by atoms with E-state index in [1.165, 1.54) is 18.4 Å². The molecule has 37 heavy (non-hydrogen) atoms. The number of carbonyl (C=O) groups excluding carboxylic acids is 1. The van der Waals surface area contributed by atoms with Gasteiger partial charge in [0.15, 0.2) is 5.69 Å². The molecule has 6 rings (SSSR count). The molecule has 5 aromatic rings. The van der Waals surface area contributed by atoms with Gasteiger partial charge in [-0.2, -0.15) is 5.10 Å². The van der Waals surface area contributed by atoms with Crippen LogP contribution in [-0.2, 0) is 6.42 Å². The molecule has 0 aliphatic heterocycles. The number of benzene rings is 2. The van der Waals surface area contributed by atoms with Crippen LogP contribution < -0.4 is 10.6 Å². The summed E-state index contributed by atoms with van der Waals surface area (Å²) in [5.41, 5.74) is 7.78. The molecule has 3 N–H and O–H groups in total. The second-order valence-corrected chi connectivity index (χ2v) is 9.42. The molecule has 0 saturated heterocycles. The molecular weight excluding hydrogens is 460 g/mol. The summed E-state index contributed by atoms with van der Waals surface area (Å²) in [7, 11) is 0. The fourth-order valence-corrected chi connectivity index (χ4v) is 4.43. The lowest BCUT2D eigenvalue weighted by Gasteiger charge is -2.10. The lowest BCUT2D eigenvalue weighted by molar-refractivity contribution is 0.102. The number of allylic oxidation sites excluding steroid dienone is 1. The highest BCUT2D eigenvalue weighted by atomic mass is 16.1. The highest BCUT2D eigenvalue weighted by molar-refractivity contribution is 6.11. The van der Waals surface area contributed by atoms with Gasteiger partial charge in [-0.25, -0.2) is 0 Å². The molecule has 0 spiro atoms. The van der Waals surface area contributed by atoms with E-state index in [1.54, 1.807) is 12.4 Å². The van der Waals surface area contributed by atoms with Crippen molar-refractivity contribution in [1.82, 2.24) is 20.2 Å². The predicted molar refractivity (Wildman–Crippen MR) is 146 cm³/mol. The van der Waals surface area contributed by atoms with Crippen molar-refractivity contribution in [2.24, 2.45) is 5.92 Å². The number of nitrogens with zero attached hydrogens (tertiary/aromatic N) is 3. The molecule has 1 amide bonds. The maximum absolute atomic E-state index is 13.2. The Bertz CT molecular complexity index is 1600. The maximum atomic E-state index is 13.2. The Morgan fingerprint density at radius 1 is 0.865 bits per heavy atom. The van der Waals surface area contributed by atoms with Gasteiger partial charge in [-0.15, -0.1) is 0 Å². The summed E-state index contributed by atoms with van der Waals surface area (Å²) in [6.07, 6.45) is 10.2. The number of fused-ring (bicyclic) bond motifs is 1. The minimum absolute atomic E-state index is 0.295. The van der Waals surface area contributed by atoms with Crippen LogP contribution in [0.4, 0.5) is 11.4 Å². The Balaban J connectivity index is 1.22. The van der Waals surface area contributed by atoms with Gasteiger partial charge in [-0.1, -0.05) is 43.0 Å². The molecule has 7 heteroatoms. The van der Waals surface area contributed by atoms with Crippen LogP contribution in [-0.4, -0.2) is 26.1 Å². The molecule has 1 aliphatic carbocycles. The van der Waals surface area contributed by atoms with Crippen LogP contribution in [0, 0.1) is 5.92 Å². The van der Waals surface area contributed by atoms with Crippen LogP contribution in [0.2, 0.25) is 0 Å². The largest absolute Gasteiger partial charge is 0.358 e. The zero-order valence-electron chi connectivity index (χ0n) is 20.2. The SMILES string of the molecule is C=C(Nc1cncc(-c2ccc3[nH]nc(C(=O)Nc4cncc(Cc5ccccc5)c4)c3c2)c1)C1CC1. The zero-order chi connectivity index (χ0) is 25.2. The Labute approximate surface area is 214 Å². The Hall–Kier alpha value is -4.78. The van der Waals surface area contributed by atoms with Crippen LogP contribution in [0.25, 0.3) is 22.0 Å². The number of aromatic amines is 1. The summed E-state index contributed by atoms with van der Waals surface area (Å²) in [5.74, 6) is 0.262. The van der Waals surface area contributed by atoms with Crippen molar-refractivity contribution < 1.29 is 4.79 Å². The molecule has 7 nitrogen and oxygen atoms in total. The van der Waals surface area contributed by atoms with E-state index in [-0.39, 0.29) is 5.91 Å². The first-order chi connectivity index (χ1) is 18.1. The highest BCUT2D eigenvalue weighted by Gasteiger charge is 2.24.